The fraction of sp³-hybridized carbons (Fsp3) is 0.500. The predicted molar refractivity (Wildman–Crippen MR) is 79.1 cm³/mol. The Bertz CT molecular complexity index is 461. The molecule has 2 heterocycles. The molecule has 0 aromatic heterocycles. The number of thioether (sulfide) groups is 1. The van der Waals surface area contributed by atoms with E-state index >= 15 is 0 Å². The van der Waals surface area contributed by atoms with E-state index in [1.165, 1.54) is 18.6 Å². The zero-order valence-electron chi connectivity index (χ0n) is 10.8. The summed E-state index contributed by atoms with van der Waals surface area (Å²) in [5.74, 6) is 2.44. The first-order valence-corrected chi connectivity index (χ1v) is 7.87. The van der Waals surface area contributed by atoms with Crippen molar-refractivity contribution in [3.05, 3.63) is 24.3 Å². The molecule has 0 bridgehead atoms. The molecule has 0 spiro atoms. The van der Waals surface area contributed by atoms with E-state index in [1.807, 2.05) is 30.0 Å². The molecule has 2 fully saturated rings. The Morgan fingerprint density at radius 3 is 3.11 bits per heavy atom. The van der Waals surface area contributed by atoms with Crippen molar-refractivity contribution in [3.63, 3.8) is 0 Å². The average Bonchev–Trinajstić information content (AvgIpc) is 2.86. The molecular formula is C14H18N2O2S. The quantitative estimate of drug-likeness (QED) is 0.923. The van der Waals surface area contributed by atoms with Gasteiger partial charge in [0.25, 0.3) is 0 Å². The van der Waals surface area contributed by atoms with Crippen LogP contribution in [0.3, 0.4) is 0 Å². The molecule has 0 aliphatic carbocycles. The van der Waals surface area contributed by atoms with Gasteiger partial charge >= 0.3 is 6.09 Å². The molecule has 4 nitrogen and oxygen atoms in total. The molecule has 19 heavy (non-hydrogen) atoms. The van der Waals surface area contributed by atoms with Crippen LogP contribution < -0.4 is 10.2 Å². The summed E-state index contributed by atoms with van der Waals surface area (Å²) in [6.45, 7) is 1.12. The molecule has 1 atom stereocenters. The summed E-state index contributed by atoms with van der Waals surface area (Å²) < 4.78 is 4.97. The van der Waals surface area contributed by atoms with E-state index in [1.54, 1.807) is 4.90 Å². The van der Waals surface area contributed by atoms with E-state index < -0.39 is 0 Å². The molecule has 2 aliphatic rings. The lowest BCUT2D eigenvalue weighted by molar-refractivity contribution is 0.181. The van der Waals surface area contributed by atoms with Crippen LogP contribution in [0.2, 0.25) is 0 Å². The van der Waals surface area contributed by atoms with Crippen LogP contribution in [0.4, 0.5) is 16.2 Å². The lowest BCUT2D eigenvalue weighted by atomic mass is 10.1. The number of anilines is 2. The van der Waals surface area contributed by atoms with Crippen molar-refractivity contribution in [1.82, 2.24) is 0 Å². The molecule has 1 amide bonds. The summed E-state index contributed by atoms with van der Waals surface area (Å²) in [6.07, 6.45) is 2.26. The van der Waals surface area contributed by atoms with Gasteiger partial charge in [0, 0.05) is 23.2 Å². The highest BCUT2D eigenvalue weighted by molar-refractivity contribution is 7.99. The maximum Gasteiger partial charge on any atom is 0.414 e. The number of cyclic esters (lactones) is 1. The minimum absolute atomic E-state index is 0.245. The van der Waals surface area contributed by atoms with Gasteiger partial charge in [0.2, 0.25) is 0 Å². The third kappa shape index (κ3) is 2.97. The van der Waals surface area contributed by atoms with Crippen molar-refractivity contribution in [2.45, 2.75) is 18.9 Å². The van der Waals surface area contributed by atoms with Crippen molar-refractivity contribution >= 4 is 29.2 Å². The summed E-state index contributed by atoms with van der Waals surface area (Å²) in [5, 5.41) is 3.56. The molecule has 0 radical (unpaired) electrons. The molecule has 0 saturated carbocycles. The van der Waals surface area contributed by atoms with Crippen LogP contribution in [-0.2, 0) is 4.74 Å². The van der Waals surface area contributed by atoms with Gasteiger partial charge in [0.05, 0.1) is 6.54 Å². The standard InChI is InChI=1S/C14H18N2O2S/c17-14-16(6-7-18-14)13-5-1-3-11(9-13)15-12-4-2-8-19-10-12/h1,3,5,9,12,15H,2,4,6-8,10H2. The summed E-state index contributed by atoms with van der Waals surface area (Å²) >= 11 is 2.01. The first kappa shape index (κ1) is 12.7. The van der Waals surface area contributed by atoms with Gasteiger partial charge < -0.3 is 10.1 Å². The monoisotopic (exact) mass is 278 g/mol. The summed E-state index contributed by atoms with van der Waals surface area (Å²) in [4.78, 5) is 13.2. The van der Waals surface area contributed by atoms with Gasteiger partial charge in [-0.1, -0.05) is 6.07 Å². The minimum atomic E-state index is -0.245. The van der Waals surface area contributed by atoms with Gasteiger partial charge in [-0.05, 0) is 36.8 Å². The lowest BCUT2D eigenvalue weighted by Gasteiger charge is -2.24. The van der Waals surface area contributed by atoms with E-state index in [2.05, 4.69) is 11.4 Å². The average molecular weight is 278 g/mol. The number of ether oxygens (including phenoxy) is 1. The molecule has 2 aliphatic heterocycles. The van der Waals surface area contributed by atoms with Gasteiger partial charge in [-0.15, -0.1) is 0 Å². The van der Waals surface area contributed by atoms with Gasteiger partial charge in [-0.3, -0.25) is 4.90 Å². The number of amides is 1. The van der Waals surface area contributed by atoms with E-state index in [4.69, 9.17) is 4.74 Å². The fourth-order valence-electron chi connectivity index (χ4n) is 2.48. The van der Waals surface area contributed by atoms with E-state index in [0.29, 0.717) is 19.2 Å². The van der Waals surface area contributed by atoms with Crippen LogP contribution in [0.5, 0.6) is 0 Å². The van der Waals surface area contributed by atoms with Crippen LogP contribution >= 0.6 is 11.8 Å². The number of carbonyl (C=O) groups excluding carboxylic acids is 1. The number of nitrogens with zero attached hydrogens (tertiary/aromatic N) is 1. The molecule has 1 N–H and O–H groups in total. The Morgan fingerprint density at radius 2 is 2.37 bits per heavy atom. The molecule has 102 valence electrons. The van der Waals surface area contributed by atoms with Crippen LogP contribution in [0.1, 0.15) is 12.8 Å². The van der Waals surface area contributed by atoms with Crippen LogP contribution in [-0.4, -0.2) is 36.8 Å². The Labute approximate surface area is 117 Å². The number of hydrogen-bond donors (Lipinski definition) is 1. The Balaban J connectivity index is 1.70. The summed E-state index contributed by atoms with van der Waals surface area (Å²) in [5.41, 5.74) is 2.00. The largest absolute Gasteiger partial charge is 0.447 e. The van der Waals surface area contributed by atoms with Crippen molar-refractivity contribution in [2.75, 3.05) is 34.9 Å². The first-order valence-electron chi connectivity index (χ1n) is 6.71. The molecule has 1 unspecified atom stereocenters. The van der Waals surface area contributed by atoms with E-state index in [0.717, 1.165) is 17.1 Å². The molecule has 2 saturated heterocycles. The third-order valence-electron chi connectivity index (χ3n) is 3.45. The zero-order chi connectivity index (χ0) is 13.1. The Morgan fingerprint density at radius 1 is 1.42 bits per heavy atom. The molecule has 3 rings (SSSR count). The van der Waals surface area contributed by atoms with Gasteiger partial charge in [-0.25, -0.2) is 4.79 Å². The second kappa shape index (κ2) is 5.74. The van der Waals surface area contributed by atoms with Crippen LogP contribution in [0.25, 0.3) is 0 Å². The number of benzene rings is 1. The SMILES string of the molecule is O=C1OCCN1c1cccc(NC2CCCSC2)c1. The van der Waals surface area contributed by atoms with Gasteiger partial charge in [0.15, 0.2) is 0 Å². The van der Waals surface area contributed by atoms with E-state index in [9.17, 15) is 4.79 Å². The van der Waals surface area contributed by atoms with Crippen molar-refractivity contribution < 1.29 is 9.53 Å². The molecule has 1 aromatic rings. The predicted octanol–water partition coefficient (Wildman–Crippen LogP) is 2.95. The summed E-state index contributed by atoms with van der Waals surface area (Å²) in [7, 11) is 0. The topological polar surface area (TPSA) is 41.6 Å². The van der Waals surface area contributed by atoms with Gasteiger partial charge in [0.1, 0.15) is 6.61 Å². The first-order chi connectivity index (χ1) is 9.33. The Hall–Kier alpha value is -1.36. The van der Waals surface area contributed by atoms with Crippen LogP contribution in [0.15, 0.2) is 24.3 Å². The maximum atomic E-state index is 11.6. The highest BCUT2D eigenvalue weighted by atomic mass is 32.2. The van der Waals surface area contributed by atoms with Crippen molar-refractivity contribution in [3.8, 4) is 0 Å². The smallest absolute Gasteiger partial charge is 0.414 e. The highest BCUT2D eigenvalue weighted by Crippen LogP contribution is 2.25. The number of rotatable bonds is 3. The highest BCUT2D eigenvalue weighted by Gasteiger charge is 2.23. The number of hydrogen-bond acceptors (Lipinski definition) is 4. The Kier molecular flexibility index (Phi) is 3.82. The van der Waals surface area contributed by atoms with Crippen LogP contribution in [0, 0.1) is 0 Å². The van der Waals surface area contributed by atoms with Crippen molar-refractivity contribution in [2.24, 2.45) is 0 Å². The second-order valence-electron chi connectivity index (χ2n) is 4.87. The summed E-state index contributed by atoms with van der Waals surface area (Å²) in [6, 6.07) is 8.57. The lowest BCUT2D eigenvalue weighted by Crippen LogP contribution is -2.26. The maximum absolute atomic E-state index is 11.6. The van der Waals surface area contributed by atoms with Gasteiger partial charge in [-0.2, -0.15) is 11.8 Å². The molecule has 1 aromatic carbocycles. The normalized spacial score (nSPS) is 23.3. The third-order valence-corrected chi connectivity index (χ3v) is 4.67. The fourth-order valence-corrected chi connectivity index (χ4v) is 3.55. The minimum Gasteiger partial charge on any atom is -0.447 e. The number of carbonyl (C=O) groups is 1. The molecular weight excluding hydrogens is 260 g/mol. The number of nitrogens with one attached hydrogen (secondary N) is 1. The second-order valence-corrected chi connectivity index (χ2v) is 6.02. The van der Waals surface area contributed by atoms with E-state index in [-0.39, 0.29) is 6.09 Å². The van der Waals surface area contributed by atoms with Crippen molar-refractivity contribution in [1.29, 1.82) is 0 Å². The zero-order valence-corrected chi connectivity index (χ0v) is 11.6. The molecule has 5 heteroatoms.